The third kappa shape index (κ3) is 4.47. The number of halogens is 8. The van der Waals surface area contributed by atoms with E-state index in [1.807, 2.05) is 0 Å². The number of carbonyl (C=O) groups is 2. The molecule has 0 aliphatic carbocycles. The molecule has 1 unspecified atom stereocenters. The number of hydrogen-bond acceptors (Lipinski definition) is 4. The van der Waals surface area contributed by atoms with Gasteiger partial charge < -0.3 is 20.7 Å². The summed E-state index contributed by atoms with van der Waals surface area (Å²) in [4.78, 5) is 29.9. The zero-order valence-corrected chi connectivity index (χ0v) is 21.3. The largest absolute Gasteiger partial charge is 0.417 e. The molecule has 1 aromatic heterocycles. The number of fused-ring (bicyclic) bond motifs is 3. The van der Waals surface area contributed by atoms with Crippen molar-refractivity contribution in [2.45, 2.75) is 31.8 Å². The van der Waals surface area contributed by atoms with E-state index in [9.17, 15) is 45.4 Å². The number of primary amides is 1. The predicted molar refractivity (Wildman–Crippen MR) is 131 cm³/mol. The first-order valence-corrected chi connectivity index (χ1v) is 12.0. The maximum Gasteiger partial charge on any atom is 0.417 e. The van der Waals surface area contributed by atoms with Crippen molar-refractivity contribution >= 4 is 34.4 Å². The van der Waals surface area contributed by atoms with Gasteiger partial charge in [0.2, 0.25) is 5.91 Å². The number of nitrogens with one attached hydrogen (secondary N) is 1. The van der Waals surface area contributed by atoms with E-state index in [2.05, 4.69) is 10.3 Å². The first-order chi connectivity index (χ1) is 19.0. The average molecular weight is 601 g/mol. The minimum Gasteiger partial charge on any atom is -0.366 e. The van der Waals surface area contributed by atoms with Gasteiger partial charge in [-0.1, -0.05) is 11.6 Å². The van der Waals surface area contributed by atoms with E-state index in [0.717, 1.165) is 28.8 Å². The third-order valence-electron chi connectivity index (χ3n) is 6.70. The number of aromatic nitrogens is 2. The van der Waals surface area contributed by atoms with Crippen molar-refractivity contribution in [1.29, 1.82) is 0 Å². The summed E-state index contributed by atoms with van der Waals surface area (Å²) < 4.78 is 99.5. The van der Waals surface area contributed by atoms with Gasteiger partial charge in [-0.2, -0.15) is 13.2 Å². The Morgan fingerprint density at radius 1 is 1.15 bits per heavy atom. The summed E-state index contributed by atoms with van der Waals surface area (Å²) >= 11 is 6.20. The molecule has 5 rings (SSSR count). The molecule has 0 fully saturated rings. The number of nitrogens with zero attached hydrogens (tertiary/aromatic N) is 2. The van der Waals surface area contributed by atoms with E-state index in [1.165, 1.54) is 6.92 Å². The van der Waals surface area contributed by atoms with Crippen molar-refractivity contribution in [3.05, 3.63) is 86.7 Å². The van der Waals surface area contributed by atoms with Crippen molar-refractivity contribution in [3.8, 4) is 11.1 Å². The minimum atomic E-state index is -5.33. The maximum atomic E-state index is 14.3. The molecular weight excluding hydrogens is 585 g/mol. The number of hydrogen-bond donors (Lipinski definition) is 3. The molecular formula is C26H16ClF7N4O3. The number of nitrogens with two attached hydrogens (primary N) is 1. The highest BCUT2D eigenvalue weighted by atomic mass is 35.5. The molecule has 1 atom stereocenters. The molecule has 0 bridgehead atoms. The lowest BCUT2D eigenvalue weighted by atomic mass is 9.83. The van der Waals surface area contributed by atoms with Gasteiger partial charge in [0.15, 0.2) is 5.72 Å². The molecule has 0 saturated carbocycles. The smallest absolute Gasteiger partial charge is 0.366 e. The second kappa shape index (κ2) is 9.45. The standard InChI is InChI=1S/C26H16ClF7N4O3/c1-9-36-22-17(38(9)8-18(30)31)7-12(19-13(23(35)39)4-11(29)6-15(19)26(32,33)34)21-20(22)24(40)37-25(21,41)14-5-10(28)2-3-16(14)27/h2-7,18,41H,8H2,1H3,(H2,35,39)(H,37,40). The molecule has 4 N–H and O–H groups in total. The molecule has 4 aromatic rings. The third-order valence-corrected chi connectivity index (χ3v) is 7.03. The fraction of sp³-hybridized carbons (Fsp3) is 0.192. The molecule has 41 heavy (non-hydrogen) atoms. The van der Waals surface area contributed by atoms with Crippen LogP contribution in [-0.2, 0) is 18.4 Å². The summed E-state index contributed by atoms with van der Waals surface area (Å²) in [6.45, 7) is 0.311. The second-order valence-corrected chi connectivity index (χ2v) is 9.64. The van der Waals surface area contributed by atoms with Gasteiger partial charge in [0.25, 0.3) is 12.3 Å². The van der Waals surface area contributed by atoms with E-state index in [4.69, 9.17) is 17.3 Å². The van der Waals surface area contributed by atoms with Crippen molar-refractivity contribution in [2.24, 2.45) is 5.73 Å². The lowest BCUT2D eigenvalue weighted by Crippen LogP contribution is -2.41. The normalized spacial score (nSPS) is 16.9. The number of aryl methyl sites for hydroxylation is 1. The second-order valence-electron chi connectivity index (χ2n) is 9.23. The lowest BCUT2D eigenvalue weighted by molar-refractivity contribution is -0.137. The van der Waals surface area contributed by atoms with Gasteiger partial charge in [-0.3, -0.25) is 9.59 Å². The first kappa shape index (κ1) is 28.4. The monoisotopic (exact) mass is 600 g/mol. The Morgan fingerprint density at radius 3 is 2.44 bits per heavy atom. The zero-order valence-electron chi connectivity index (χ0n) is 20.5. The summed E-state index contributed by atoms with van der Waals surface area (Å²) in [7, 11) is 0. The molecule has 7 nitrogen and oxygen atoms in total. The molecule has 1 aliphatic heterocycles. The summed E-state index contributed by atoms with van der Waals surface area (Å²) in [5.74, 6) is -5.15. The Labute approximate surface area is 230 Å². The summed E-state index contributed by atoms with van der Waals surface area (Å²) in [6, 6.07) is 4.03. The highest BCUT2D eigenvalue weighted by Gasteiger charge is 2.49. The Balaban J connectivity index is 2.04. The van der Waals surface area contributed by atoms with Crippen LogP contribution in [0.4, 0.5) is 30.7 Å². The predicted octanol–water partition coefficient (Wildman–Crippen LogP) is 5.26. The Bertz CT molecular complexity index is 1790. The fourth-order valence-electron chi connectivity index (χ4n) is 5.12. The fourth-order valence-corrected chi connectivity index (χ4v) is 5.37. The van der Waals surface area contributed by atoms with E-state index in [0.29, 0.717) is 6.07 Å². The lowest BCUT2D eigenvalue weighted by Gasteiger charge is -2.29. The molecule has 3 aromatic carbocycles. The molecule has 2 amide bonds. The van der Waals surface area contributed by atoms with Gasteiger partial charge in [-0.05, 0) is 48.9 Å². The van der Waals surface area contributed by atoms with E-state index in [1.54, 1.807) is 0 Å². The van der Waals surface area contributed by atoms with Crippen LogP contribution < -0.4 is 11.1 Å². The van der Waals surface area contributed by atoms with Gasteiger partial charge >= 0.3 is 6.18 Å². The van der Waals surface area contributed by atoms with Gasteiger partial charge in [0, 0.05) is 21.7 Å². The zero-order chi connectivity index (χ0) is 30.2. The van der Waals surface area contributed by atoms with Crippen LogP contribution in [0.2, 0.25) is 5.02 Å². The highest BCUT2D eigenvalue weighted by molar-refractivity contribution is 6.31. The first-order valence-electron chi connectivity index (χ1n) is 11.6. The molecule has 0 spiro atoms. The van der Waals surface area contributed by atoms with Crippen LogP contribution >= 0.6 is 11.6 Å². The van der Waals surface area contributed by atoms with Crippen molar-refractivity contribution < 1.29 is 45.4 Å². The molecule has 0 radical (unpaired) electrons. The molecule has 1 aliphatic rings. The van der Waals surface area contributed by atoms with Gasteiger partial charge in [0.05, 0.1) is 28.8 Å². The molecule has 2 heterocycles. The Kier molecular flexibility index (Phi) is 6.54. The Hall–Kier alpha value is -4.17. The van der Waals surface area contributed by atoms with Crippen LogP contribution in [0.3, 0.4) is 0 Å². The number of amides is 2. The summed E-state index contributed by atoms with van der Waals surface area (Å²) in [5, 5.41) is 13.7. The van der Waals surface area contributed by atoms with Crippen LogP contribution in [0.5, 0.6) is 0 Å². The van der Waals surface area contributed by atoms with Crippen LogP contribution in [0, 0.1) is 18.6 Å². The van der Waals surface area contributed by atoms with Gasteiger partial charge in [0.1, 0.15) is 23.0 Å². The van der Waals surface area contributed by atoms with Gasteiger partial charge in [-0.15, -0.1) is 0 Å². The minimum absolute atomic E-state index is 0.0679. The SMILES string of the molecule is Cc1nc2c3c(c(-c4c(C(N)=O)cc(F)cc4C(F)(F)F)cc2n1CC(F)F)C(O)(c1cc(F)ccc1Cl)NC3=O. The molecule has 214 valence electrons. The Morgan fingerprint density at radius 2 is 1.83 bits per heavy atom. The number of benzene rings is 3. The summed E-state index contributed by atoms with van der Waals surface area (Å²) in [6.07, 6.45) is -8.29. The number of carbonyl (C=O) groups excluding carboxylic acids is 2. The highest BCUT2D eigenvalue weighted by Crippen LogP contribution is 2.49. The van der Waals surface area contributed by atoms with E-state index < -0.39 is 87.3 Å². The van der Waals surface area contributed by atoms with Crippen LogP contribution in [-0.4, -0.2) is 32.9 Å². The maximum absolute atomic E-state index is 14.3. The van der Waals surface area contributed by atoms with E-state index >= 15 is 0 Å². The van der Waals surface area contributed by atoms with Crippen LogP contribution in [0.15, 0.2) is 36.4 Å². The number of rotatable bonds is 5. The number of imidazole rings is 1. The topological polar surface area (TPSA) is 110 Å². The number of aliphatic hydroxyl groups is 1. The van der Waals surface area contributed by atoms with Crippen molar-refractivity contribution in [2.75, 3.05) is 0 Å². The van der Waals surface area contributed by atoms with Crippen molar-refractivity contribution in [1.82, 2.24) is 14.9 Å². The quantitative estimate of drug-likeness (QED) is 0.271. The average Bonchev–Trinajstić information content (AvgIpc) is 3.31. The van der Waals surface area contributed by atoms with Crippen molar-refractivity contribution in [3.63, 3.8) is 0 Å². The van der Waals surface area contributed by atoms with E-state index in [-0.39, 0.29) is 27.9 Å². The molecule has 0 saturated heterocycles. The summed E-state index contributed by atoms with van der Waals surface area (Å²) in [5.41, 5.74) is -4.30. The van der Waals surface area contributed by atoms with Gasteiger partial charge in [-0.25, -0.2) is 22.5 Å². The van der Waals surface area contributed by atoms with Crippen LogP contribution in [0.1, 0.15) is 43.2 Å². The van der Waals surface area contributed by atoms with Crippen LogP contribution in [0.25, 0.3) is 22.2 Å². The molecule has 15 heteroatoms. The number of alkyl halides is 5.